The Bertz CT molecular complexity index is 325. The highest BCUT2D eigenvalue weighted by Gasteiger charge is 2.08. The van der Waals surface area contributed by atoms with E-state index in [1.807, 2.05) is 19.1 Å². The number of halogens is 1. The minimum atomic E-state index is 0.336. The number of methoxy groups -OCH3 is 1. The number of aromatic nitrogens is 1. The number of hydrogen-bond donors (Lipinski definition) is 1. The maximum Gasteiger partial charge on any atom is 0.126 e. The summed E-state index contributed by atoms with van der Waals surface area (Å²) in [6, 6.07) is 4.33. The van der Waals surface area contributed by atoms with Crippen LogP contribution in [0.25, 0.3) is 0 Å². The van der Waals surface area contributed by atoms with Gasteiger partial charge in [0.15, 0.2) is 0 Å². The van der Waals surface area contributed by atoms with E-state index in [-0.39, 0.29) is 0 Å². The second-order valence-electron chi connectivity index (χ2n) is 3.85. The van der Waals surface area contributed by atoms with E-state index in [4.69, 9.17) is 4.74 Å². The zero-order valence-electron chi connectivity index (χ0n) is 10.1. The summed E-state index contributed by atoms with van der Waals surface area (Å²) in [6.07, 6.45) is 2.22. The van der Waals surface area contributed by atoms with Crippen LogP contribution >= 0.6 is 15.9 Å². The summed E-state index contributed by atoms with van der Waals surface area (Å²) in [5.74, 6) is 0.913. The molecule has 0 amide bonds. The summed E-state index contributed by atoms with van der Waals surface area (Å²) in [5, 5.41) is 3.39. The lowest BCUT2D eigenvalue weighted by molar-refractivity contribution is 0.182. The highest BCUT2D eigenvalue weighted by atomic mass is 79.9. The summed E-state index contributed by atoms with van der Waals surface area (Å²) in [7, 11) is 1.73. The molecule has 0 aliphatic carbocycles. The summed E-state index contributed by atoms with van der Waals surface area (Å²) >= 11 is 3.44. The van der Waals surface area contributed by atoms with Crippen LogP contribution in [0.5, 0.6) is 0 Å². The summed E-state index contributed by atoms with van der Waals surface area (Å²) in [4.78, 5) is 4.46. The first kappa shape index (κ1) is 13.5. The molecule has 0 fully saturated rings. The molecule has 0 saturated heterocycles. The zero-order chi connectivity index (χ0) is 12.0. The first-order chi connectivity index (χ1) is 7.67. The van der Waals surface area contributed by atoms with Gasteiger partial charge in [-0.2, -0.15) is 0 Å². The molecular formula is C12H19BrN2O. The van der Waals surface area contributed by atoms with E-state index in [1.54, 1.807) is 7.11 Å². The molecule has 0 aliphatic heterocycles. The second-order valence-corrected chi connectivity index (χ2v) is 4.70. The molecule has 4 heteroatoms. The van der Waals surface area contributed by atoms with Crippen molar-refractivity contribution in [1.29, 1.82) is 0 Å². The lowest BCUT2D eigenvalue weighted by Gasteiger charge is -2.18. The van der Waals surface area contributed by atoms with Gasteiger partial charge in [0, 0.05) is 11.6 Å². The predicted octanol–water partition coefficient (Wildman–Crippen LogP) is 3.38. The smallest absolute Gasteiger partial charge is 0.126 e. The fourth-order valence-electron chi connectivity index (χ4n) is 1.58. The van der Waals surface area contributed by atoms with Crippen LogP contribution in [0.4, 0.5) is 5.82 Å². The predicted molar refractivity (Wildman–Crippen MR) is 70.9 cm³/mol. The maximum absolute atomic E-state index is 5.18. The third-order valence-electron chi connectivity index (χ3n) is 2.38. The molecule has 0 radical (unpaired) electrons. The van der Waals surface area contributed by atoms with Crippen molar-refractivity contribution in [1.82, 2.24) is 4.98 Å². The molecule has 1 aromatic rings. The van der Waals surface area contributed by atoms with Crippen LogP contribution < -0.4 is 5.32 Å². The van der Waals surface area contributed by atoms with E-state index in [1.165, 1.54) is 0 Å². The molecule has 0 aromatic carbocycles. The van der Waals surface area contributed by atoms with Crippen molar-refractivity contribution in [2.24, 2.45) is 0 Å². The van der Waals surface area contributed by atoms with E-state index in [0.29, 0.717) is 12.6 Å². The molecule has 0 saturated carbocycles. The Morgan fingerprint density at radius 2 is 2.25 bits per heavy atom. The van der Waals surface area contributed by atoms with Crippen LogP contribution in [0, 0.1) is 6.92 Å². The molecule has 1 aromatic heterocycles. The maximum atomic E-state index is 5.18. The van der Waals surface area contributed by atoms with Crippen LogP contribution in [0.3, 0.4) is 0 Å². The molecule has 1 rings (SSSR count). The standard InChI is InChI=1S/C12H19BrN2O/c1-4-5-10(8-16-3)15-12-7-6-11(13)9(2)14-12/h6-7,10H,4-5,8H2,1-3H3,(H,14,15). The molecule has 1 heterocycles. The van der Waals surface area contributed by atoms with Gasteiger partial charge in [0.25, 0.3) is 0 Å². The quantitative estimate of drug-likeness (QED) is 0.871. The highest BCUT2D eigenvalue weighted by molar-refractivity contribution is 9.10. The third-order valence-corrected chi connectivity index (χ3v) is 3.22. The molecule has 1 atom stereocenters. The average Bonchev–Trinajstić information content (AvgIpc) is 2.24. The van der Waals surface area contributed by atoms with Crippen LogP contribution in [0.15, 0.2) is 16.6 Å². The Kier molecular flexibility index (Phi) is 5.77. The molecule has 1 N–H and O–H groups in total. The third kappa shape index (κ3) is 4.10. The summed E-state index contributed by atoms with van der Waals surface area (Å²) in [6.45, 7) is 4.87. The van der Waals surface area contributed by atoms with Crippen molar-refractivity contribution in [3.05, 3.63) is 22.3 Å². The van der Waals surface area contributed by atoms with Crippen molar-refractivity contribution >= 4 is 21.7 Å². The Balaban J connectivity index is 2.65. The van der Waals surface area contributed by atoms with E-state index >= 15 is 0 Å². The van der Waals surface area contributed by atoms with Crippen molar-refractivity contribution in [2.45, 2.75) is 32.7 Å². The van der Waals surface area contributed by atoms with Crippen LogP contribution in [-0.2, 0) is 4.74 Å². The Labute approximate surface area is 106 Å². The summed E-state index contributed by atoms with van der Waals surface area (Å²) in [5.41, 5.74) is 0.998. The first-order valence-electron chi connectivity index (χ1n) is 5.56. The number of anilines is 1. The normalized spacial score (nSPS) is 12.5. The van der Waals surface area contributed by atoms with Gasteiger partial charge in [0.05, 0.1) is 18.3 Å². The van der Waals surface area contributed by atoms with Gasteiger partial charge in [0.1, 0.15) is 5.82 Å². The number of nitrogens with one attached hydrogen (secondary N) is 1. The van der Waals surface area contributed by atoms with Gasteiger partial charge >= 0.3 is 0 Å². The minimum absolute atomic E-state index is 0.336. The lowest BCUT2D eigenvalue weighted by atomic mass is 10.2. The number of rotatable bonds is 6. The van der Waals surface area contributed by atoms with Gasteiger partial charge in [-0.05, 0) is 41.4 Å². The van der Waals surface area contributed by atoms with Gasteiger partial charge in [-0.1, -0.05) is 13.3 Å². The molecule has 3 nitrogen and oxygen atoms in total. The summed E-state index contributed by atoms with van der Waals surface area (Å²) < 4.78 is 6.22. The molecule has 0 spiro atoms. The van der Waals surface area contributed by atoms with Crippen LogP contribution in [-0.4, -0.2) is 24.7 Å². The monoisotopic (exact) mass is 286 g/mol. The average molecular weight is 287 g/mol. The van der Waals surface area contributed by atoms with Crippen molar-refractivity contribution in [3.63, 3.8) is 0 Å². The fourth-order valence-corrected chi connectivity index (χ4v) is 1.80. The van der Waals surface area contributed by atoms with Gasteiger partial charge in [-0.15, -0.1) is 0 Å². The minimum Gasteiger partial charge on any atom is -0.383 e. The second kappa shape index (κ2) is 6.86. The van der Waals surface area contributed by atoms with Gasteiger partial charge in [-0.3, -0.25) is 0 Å². The number of nitrogens with zero attached hydrogens (tertiary/aromatic N) is 1. The van der Waals surface area contributed by atoms with E-state index in [0.717, 1.165) is 28.8 Å². The van der Waals surface area contributed by atoms with Crippen molar-refractivity contribution in [2.75, 3.05) is 19.0 Å². The van der Waals surface area contributed by atoms with Crippen LogP contribution in [0.2, 0.25) is 0 Å². The van der Waals surface area contributed by atoms with E-state index < -0.39 is 0 Å². The van der Waals surface area contributed by atoms with Gasteiger partial charge < -0.3 is 10.1 Å². The topological polar surface area (TPSA) is 34.1 Å². The van der Waals surface area contributed by atoms with Gasteiger partial charge in [-0.25, -0.2) is 4.98 Å². The molecule has 0 bridgehead atoms. The van der Waals surface area contributed by atoms with Gasteiger partial charge in [0.2, 0.25) is 0 Å². The molecule has 90 valence electrons. The van der Waals surface area contributed by atoms with E-state index in [2.05, 4.69) is 33.2 Å². The van der Waals surface area contributed by atoms with Crippen molar-refractivity contribution in [3.8, 4) is 0 Å². The fraction of sp³-hybridized carbons (Fsp3) is 0.583. The lowest BCUT2D eigenvalue weighted by Crippen LogP contribution is -2.25. The van der Waals surface area contributed by atoms with Crippen LogP contribution in [0.1, 0.15) is 25.5 Å². The SMILES string of the molecule is CCCC(COC)Nc1ccc(Br)c(C)n1. The molecule has 16 heavy (non-hydrogen) atoms. The zero-order valence-corrected chi connectivity index (χ0v) is 11.7. The van der Waals surface area contributed by atoms with Crippen molar-refractivity contribution < 1.29 is 4.74 Å². The number of aryl methyl sites for hydroxylation is 1. The number of ether oxygens (including phenoxy) is 1. The number of pyridine rings is 1. The highest BCUT2D eigenvalue weighted by Crippen LogP contribution is 2.17. The Morgan fingerprint density at radius 3 is 2.81 bits per heavy atom. The number of hydrogen-bond acceptors (Lipinski definition) is 3. The molecular weight excluding hydrogens is 268 g/mol. The molecule has 0 aliphatic rings. The molecule has 1 unspecified atom stereocenters. The largest absolute Gasteiger partial charge is 0.383 e. The Hall–Kier alpha value is -0.610. The Morgan fingerprint density at radius 1 is 1.50 bits per heavy atom. The first-order valence-corrected chi connectivity index (χ1v) is 6.35. The van der Waals surface area contributed by atoms with E-state index in [9.17, 15) is 0 Å².